The number of benzene rings is 1. The van der Waals surface area contributed by atoms with Crippen LogP contribution in [-0.2, 0) is 0 Å². The van der Waals surface area contributed by atoms with Gasteiger partial charge in [-0.05, 0) is 42.7 Å². The van der Waals surface area contributed by atoms with Gasteiger partial charge >= 0.3 is 0 Å². The maximum Gasteiger partial charge on any atom is 0.0700 e. The Labute approximate surface area is 105 Å². The molecule has 0 bridgehead atoms. The van der Waals surface area contributed by atoms with E-state index >= 15 is 0 Å². The third-order valence-electron chi connectivity index (χ3n) is 3.00. The molecule has 0 aromatic heterocycles. The quantitative estimate of drug-likeness (QED) is 0.621. The molecule has 0 radical (unpaired) electrons. The van der Waals surface area contributed by atoms with Crippen molar-refractivity contribution >= 4 is 18.5 Å². The van der Waals surface area contributed by atoms with Gasteiger partial charge in [-0.1, -0.05) is 45.9 Å². The summed E-state index contributed by atoms with van der Waals surface area (Å²) in [7, 11) is 0. The van der Waals surface area contributed by atoms with Crippen LogP contribution in [0.3, 0.4) is 0 Å². The average Bonchev–Trinajstić information content (AvgIpc) is 2.28. The lowest BCUT2D eigenvalue weighted by Gasteiger charge is -2.16. The van der Waals surface area contributed by atoms with Crippen LogP contribution in [0.15, 0.2) is 23.2 Å². The maximum atomic E-state index is 4.17. The molecule has 0 saturated heterocycles. The van der Waals surface area contributed by atoms with Gasteiger partial charge < -0.3 is 0 Å². The molecule has 0 fully saturated rings. The molecule has 0 aliphatic heterocycles. The van der Waals surface area contributed by atoms with E-state index in [1.54, 1.807) is 0 Å². The van der Waals surface area contributed by atoms with E-state index in [0.717, 1.165) is 5.69 Å². The lowest BCUT2D eigenvalue weighted by molar-refractivity contribution is 0.832. The van der Waals surface area contributed by atoms with Crippen LogP contribution in [0.4, 0.5) is 5.69 Å². The highest BCUT2D eigenvalue weighted by molar-refractivity contribution is 5.70. The van der Waals surface area contributed by atoms with Crippen molar-refractivity contribution in [3.05, 3.63) is 34.9 Å². The molecule has 0 aliphatic carbocycles. The Morgan fingerprint density at radius 1 is 1.12 bits per heavy atom. The van der Waals surface area contributed by atoms with E-state index in [-0.39, 0.29) is 0 Å². The number of rotatable bonds is 4. The van der Waals surface area contributed by atoms with Gasteiger partial charge in [-0.3, -0.25) is 4.99 Å². The summed E-state index contributed by atoms with van der Waals surface area (Å²) in [6.07, 6.45) is 4.19. The van der Waals surface area contributed by atoms with Gasteiger partial charge in [0.25, 0.3) is 0 Å². The van der Waals surface area contributed by atoms with E-state index in [1.165, 1.54) is 16.7 Å². The third kappa shape index (κ3) is 3.06. The largest absolute Gasteiger partial charge is 0.264 e. The Balaban J connectivity index is 3.51. The van der Waals surface area contributed by atoms with E-state index in [2.05, 4.69) is 63.7 Å². The van der Waals surface area contributed by atoms with Crippen molar-refractivity contribution in [3.8, 4) is 0 Å². The van der Waals surface area contributed by atoms with E-state index in [0.29, 0.717) is 11.8 Å². The molecule has 1 aromatic rings. The summed E-state index contributed by atoms with van der Waals surface area (Å²) in [6, 6.07) is 4.46. The number of hydrogen-bond acceptors (Lipinski definition) is 1. The highest BCUT2D eigenvalue weighted by atomic mass is 14.7. The second-order valence-electron chi connectivity index (χ2n) is 5.01. The molecule has 1 nitrogen and oxygen atoms in total. The van der Waals surface area contributed by atoms with Crippen molar-refractivity contribution < 1.29 is 0 Å². The van der Waals surface area contributed by atoms with Crippen LogP contribution < -0.4 is 0 Å². The molecule has 0 atom stereocenters. The normalized spacial score (nSPS) is 11.7. The van der Waals surface area contributed by atoms with Gasteiger partial charge in [0.15, 0.2) is 0 Å². The minimum atomic E-state index is 0.500. The van der Waals surface area contributed by atoms with Crippen LogP contribution >= 0.6 is 0 Å². The molecule has 1 aromatic carbocycles. The molecule has 0 amide bonds. The Morgan fingerprint density at radius 3 is 2.18 bits per heavy atom. The molecule has 0 N–H and O–H groups in total. The number of aliphatic imine (C=N–C) groups is 1. The smallest absolute Gasteiger partial charge is 0.0700 e. The Hall–Kier alpha value is -1.37. The SMILES string of the molecule is C=Nc1cc(C(C)C)cc(C(C)C)c1/C=C\C. The lowest BCUT2D eigenvalue weighted by Crippen LogP contribution is -1.97. The fourth-order valence-corrected chi connectivity index (χ4v) is 1.97. The van der Waals surface area contributed by atoms with Gasteiger partial charge in [-0.25, -0.2) is 0 Å². The van der Waals surface area contributed by atoms with Crippen molar-refractivity contribution in [1.82, 2.24) is 0 Å². The van der Waals surface area contributed by atoms with Gasteiger partial charge in [-0.15, -0.1) is 0 Å². The first kappa shape index (κ1) is 13.7. The lowest BCUT2D eigenvalue weighted by atomic mass is 9.90. The van der Waals surface area contributed by atoms with Crippen molar-refractivity contribution in [2.45, 2.75) is 46.5 Å². The number of nitrogens with zero attached hydrogens (tertiary/aromatic N) is 1. The van der Waals surface area contributed by atoms with Crippen molar-refractivity contribution in [2.75, 3.05) is 0 Å². The summed E-state index contributed by atoms with van der Waals surface area (Å²) in [4.78, 5) is 4.17. The predicted octanol–water partition coefficient (Wildman–Crippen LogP) is 5.30. The second kappa shape index (κ2) is 5.81. The summed E-state index contributed by atoms with van der Waals surface area (Å²) < 4.78 is 0. The zero-order valence-electron chi connectivity index (χ0n) is 11.6. The molecule has 1 rings (SSSR count). The summed E-state index contributed by atoms with van der Waals surface area (Å²) in [5.74, 6) is 1.02. The zero-order chi connectivity index (χ0) is 13.0. The standard InChI is InChI=1S/C16H23N/c1-7-8-14-15(12(4)5)9-13(11(2)3)10-16(14)17-6/h7-12H,6H2,1-5H3/b8-7-. The topological polar surface area (TPSA) is 12.4 Å². The third-order valence-corrected chi connectivity index (χ3v) is 3.00. The molecule has 92 valence electrons. The van der Waals surface area contributed by atoms with E-state index < -0.39 is 0 Å². The van der Waals surface area contributed by atoms with Gasteiger partial charge in [0.1, 0.15) is 0 Å². The Bertz CT molecular complexity index is 425. The second-order valence-corrected chi connectivity index (χ2v) is 5.01. The summed E-state index contributed by atoms with van der Waals surface area (Å²) in [6.45, 7) is 14.6. The van der Waals surface area contributed by atoms with Gasteiger partial charge in [-0.2, -0.15) is 0 Å². The van der Waals surface area contributed by atoms with Crippen molar-refractivity contribution in [3.63, 3.8) is 0 Å². The fourth-order valence-electron chi connectivity index (χ4n) is 1.97. The molecule has 1 heteroatoms. The summed E-state index contributed by atoms with van der Waals surface area (Å²) in [5.41, 5.74) is 4.90. The first-order valence-corrected chi connectivity index (χ1v) is 6.28. The molecular formula is C16H23N. The fraction of sp³-hybridized carbons (Fsp3) is 0.438. The average molecular weight is 229 g/mol. The molecule has 0 aliphatic rings. The van der Waals surface area contributed by atoms with Gasteiger partial charge in [0, 0.05) is 5.56 Å². The van der Waals surface area contributed by atoms with Crippen LogP contribution in [0, 0.1) is 0 Å². The Morgan fingerprint density at radius 2 is 1.76 bits per heavy atom. The summed E-state index contributed by atoms with van der Waals surface area (Å²) in [5, 5.41) is 0. The van der Waals surface area contributed by atoms with Crippen LogP contribution in [0.1, 0.15) is 63.1 Å². The first-order valence-electron chi connectivity index (χ1n) is 6.28. The van der Waals surface area contributed by atoms with E-state index in [9.17, 15) is 0 Å². The molecule has 17 heavy (non-hydrogen) atoms. The Kier molecular flexibility index (Phi) is 4.68. The molecular weight excluding hydrogens is 206 g/mol. The van der Waals surface area contributed by atoms with Crippen molar-refractivity contribution in [2.24, 2.45) is 4.99 Å². The molecule has 0 spiro atoms. The molecule has 0 unspecified atom stereocenters. The first-order chi connectivity index (χ1) is 8.01. The van der Waals surface area contributed by atoms with Crippen molar-refractivity contribution in [1.29, 1.82) is 0 Å². The minimum Gasteiger partial charge on any atom is -0.264 e. The predicted molar refractivity (Wildman–Crippen MR) is 78.5 cm³/mol. The summed E-state index contributed by atoms with van der Waals surface area (Å²) >= 11 is 0. The monoisotopic (exact) mass is 229 g/mol. The zero-order valence-corrected chi connectivity index (χ0v) is 11.6. The molecule has 0 heterocycles. The molecule has 0 saturated carbocycles. The van der Waals surface area contributed by atoms with Crippen LogP contribution in [0.25, 0.3) is 6.08 Å². The minimum absolute atomic E-state index is 0.500. The van der Waals surface area contributed by atoms with Crippen LogP contribution in [0.5, 0.6) is 0 Å². The van der Waals surface area contributed by atoms with Gasteiger partial charge in [0.05, 0.1) is 5.69 Å². The maximum absolute atomic E-state index is 4.17. The number of hydrogen-bond donors (Lipinski definition) is 0. The number of allylic oxidation sites excluding steroid dienone is 1. The highest BCUT2D eigenvalue weighted by Gasteiger charge is 2.12. The van der Waals surface area contributed by atoms with Crippen LogP contribution in [-0.4, -0.2) is 6.72 Å². The highest BCUT2D eigenvalue weighted by Crippen LogP contribution is 2.33. The van der Waals surface area contributed by atoms with E-state index in [4.69, 9.17) is 0 Å². The van der Waals surface area contributed by atoms with E-state index in [1.807, 2.05) is 6.92 Å². The van der Waals surface area contributed by atoms with Gasteiger partial charge in [0.2, 0.25) is 0 Å². The van der Waals surface area contributed by atoms with Crippen LogP contribution in [0.2, 0.25) is 0 Å².